The Morgan fingerprint density at radius 2 is 0.960 bits per heavy atom. The van der Waals surface area contributed by atoms with E-state index < -0.39 is 0 Å². The number of benzene rings is 3. The van der Waals surface area contributed by atoms with Crippen molar-refractivity contribution < 1.29 is 19.1 Å². The predicted octanol–water partition coefficient (Wildman–Crippen LogP) is 13.4. The molecular weight excluding hydrogens is 697 g/mol. The number of hydrogen-bond acceptors (Lipinski definition) is 8. The van der Waals surface area contributed by atoms with E-state index in [4.69, 9.17) is 9.47 Å². The van der Waals surface area contributed by atoms with Gasteiger partial charge < -0.3 is 9.47 Å². The van der Waals surface area contributed by atoms with E-state index in [1.54, 1.807) is 22.7 Å². The summed E-state index contributed by atoms with van der Waals surface area (Å²) in [6.07, 6.45) is 7.62. The quantitative estimate of drug-likeness (QED) is 0.0732. The molecule has 0 aliphatic rings. The fourth-order valence-electron chi connectivity index (χ4n) is 6.48. The number of thiophene rings is 4. The van der Waals surface area contributed by atoms with Crippen molar-refractivity contribution in [3.05, 3.63) is 106 Å². The van der Waals surface area contributed by atoms with Crippen LogP contribution in [0.4, 0.5) is 0 Å². The fourth-order valence-corrected chi connectivity index (χ4v) is 11.6. The minimum absolute atomic E-state index is 0.113. The maximum absolute atomic E-state index is 12.9. The van der Waals surface area contributed by atoms with Gasteiger partial charge in [0.15, 0.2) is 0 Å². The SMILES string of the molecule is CCCCCC(=O)OC(Cc1ccccc1)c1cc2sc3cc4c(cc3c2s1)sc1cc(C(Cc2ccccc2)OC(=O)CCCCC)sc14. The van der Waals surface area contributed by atoms with E-state index in [0.29, 0.717) is 25.7 Å². The summed E-state index contributed by atoms with van der Waals surface area (Å²) in [5, 5.41) is 2.53. The maximum atomic E-state index is 12.9. The molecule has 4 aromatic heterocycles. The van der Waals surface area contributed by atoms with Crippen molar-refractivity contribution >= 4 is 96.3 Å². The van der Waals surface area contributed by atoms with E-state index in [1.807, 2.05) is 59.1 Å². The molecule has 0 aliphatic heterocycles. The second-order valence-electron chi connectivity index (χ2n) is 13.0. The van der Waals surface area contributed by atoms with Gasteiger partial charge in [0.25, 0.3) is 0 Å². The van der Waals surface area contributed by atoms with Gasteiger partial charge in [-0.1, -0.05) is 100 Å². The largest absolute Gasteiger partial charge is 0.456 e. The molecule has 4 heterocycles. The molecule has 8 heteroatoms. The lowest BCUT2D eigenvalue weighted by atomic mass is 10.1. The third-order valence-electron chi connectivity index (χ3n) is 9.12. The summed E-state index contributed by atoms with van der Waals surface area (Å²) < 4.78 is 19.8. The van der Waals surface area contributed by atoms with Crippen molar-refractivity contribution in [2.45, 2.75) is 90.3 Å². The number of rotatable bonds is 16. The number of carbonyl (C=O) groups excluding carboxylic acids is 2. The average Bonchev–Trinajstić information content (AvgIpc) is 3.88. The van der Waals surface area contributed by atoms with Gasteiger partial charge in [0.2, 0.25) is 0 Å². The molecule has 2 unspecified atom stereocenters. The molecule has 50 heavy (non-hydrogen) atoms. The first-order chi connectivity index (χ1) is 24.5. The summed E-state index contributed by atoms with van der Waals surface area (Å²) in [4.78, 5) is 28.0. The number of fused-ring (bicyclic) bond motifs is 6. The van der Waals surface area contributed by atoms with E-state index in [2.05, 4.69) is 62.4 Å². The molecule has 0 bridgehead atoms. The van der Waals surface area contributed by atoms with Gasteiger partial charge in [-0.25, -0.2) is 0 Å². The van der Waals surface area contributed by atoms with Crippen LogP contribution in [0.3, 0.4) is 0 Å². The smallest absolute Gasteiger partial charge is 0.306 e. The minimum atomic E-state index is -0.301. The molecule has 7 aromatic rings. The van der Waals surface area contributed by atoms with Crippen molar-refractivity contribution in [3.8, 4) is 0 Å². The summed E-state index contributed by atoms with van der Waals surface area (Å²) in [7, 11) is 0. The molecule has 4 nitrogen and oxygen atoms in total. The molecule has 258 valence electrons. The lowest BCUT2D eigenvalue weighted by molar-refractivity contribution is -0.150. The zero-order valence-corrected chi connectivity index (χ0v) is 31.8. The van der Waals surface area contributed by atoms with E-state index in [0.717, 1.165) is 59.4 Å². The number of unbranched alkanes of at least 4 members (excludes halogenated alkanes) is 4. The Bertz CT molecular complexity index is 2050. The number of ether oxygens (including phenoxy) is 2. The van der Waals surface area contributed by atoms with Crippen LogP contribution < -0.4 is 0 Å². The molecule has 0 spiro atoms. The van der Waals surface area contributed by atoms with E-state index >= 15 is 0 Å². The highest BCUT2D eigenvalue weighted by molar-refractivity contribution is 7.34. The Morgan fingerprint density at radius 1 is 0.540 bits per heavy atom. The van der Waals surface area contributed by atoms with Gasteiger partial charge in [-0.15, -0.1) is 45.3 Å². The maximum Gasteiger partial charge on any atom is 0.306 e. The highest BCUT2D eigenvalue weighted by Crippen LogP contribution is 2.48. The van der Waals surface area contributed by atoms with Crippen LogP contribution in [0.2, 0.25) is 0 Å². The van der Waals surface area contributed by atoms with E-state index in [1.165, 1.54) is 39.0 Å². The molecule has 0 saturated heterocycles. The first-order valence-electron chi connectivity index (χ1n) is 17.8. The average molecular weight is 739 g/mol. The number of hydrogen-bond donors (Lipinski definition) is 0. The minimum Gasteiger partial charge on any atom is -0.456 e. The Hall–Kier alpha value is -3.56. The van der Waals surface area contributed by atoms with Gasteiger partial charge in [0.05, 0.1) is 9.40 Å². The summed E-state index contributed by atoms with van der Waals surface area (Å²) >= 11 is 7.14. The Balaban J connectivity index is 1.18. The number of carbonyl (C=O) groups is 2. The van der Waals surface area contributed by atoms with Crippen molar-refractivity contribution in [2.75, 3.05) is 0 Å². The molecular formula is C42H42O4S4. The van der Waals surface area contributed by atoms with Crippen molar-refractivity contribution in [3.63, 3.8) is 0 Å². The van der Waals surface area contributed by atoms with Crippen LogP contribution in [0.1, 0.15) is 98.3 Å². The van der Waals surface area contributed by atoms with Gasteiger partial charge in [0.1, 0.15) is 12.2 Å². The topological polar surface area (TPSA) is 52.6 Å². The Kier molecular flexibility index (Phi) is 11.3. The zero-order chi connectivity index (χ0) is 34.5. The fraction of sp³-hybridized carbons (Fsp3) is 0.333. The molecule has 0 radical (unpaired) electrons. The summed E-state index contributed by atoms with van der Waals surface area (Å²) in [5.74, 6) is -0.226. The molecule has 0 N–H and O–H groups in total. The van der Waals surface area contributed by atoms with Crippen LogP contribution in [0.15, 0.2) is 84.9 Å². The van der Waals surface area contributed by atoms with E-state index in [-0.39, 0.29) is 24.1 Å². The van der Waals surface area contributed by atoms with Gasteiger partial charge >= 0.3 is 11.9 Å². The Morgan fingerprint density at radius 3 is 1.36 bits per heavy atom. The van der Waals surface area contributed by atoms with Crippen LogP contribution in [-0.2, 0) is 31.9 Å². The van der Waals surface area contributed by atoms with Crippen molar-refractivity contribution in [1.29, 1.82) is 0 Å². The first kappa shape index (κ1) is 34.9. The van der Waals surface area contributed by atoms with Crippen molar-refractivity contribution in [1.82, 2.24) is 0 Å². The van der Waals surface area contributed by atoms with Crippen LogP contribution >= 0.6 is 45.3 Å². The highest BCUT2D eigenvalue weighted by atomic mass is 32.1. The van der Waals surface area contributed by atoms with Gasteiger partial charge in [-0.05, 0) is 48.2 Å². The molecule has 7 rings (SSSR count). The molecule has 0 aliphatic carbocycles. The van der Waals surface area contributed by atoms with Crippen LogP contribution in [-0.4, -0.2) is 11.9 Å². The summed E-state index contributed by atoms with van der Waals surface area (Å²) in [6, 6.07) is 29.8. The van der Waals surface area contributed by atoms with Crippen molar-refractivity contribution in [2.24, 2.45) is 0 Å². The van der Waals surface area contributed by atoms with Gasteiger partial charge in [-0.2, -0.15) is 0 Å². The second-order valence-corrected chi connectivity index (χ2v) is 17.3. The summed E-state index contributed by atoms with van der Waals surface area (Å²) in [5.41, 5.74) is 2.33. The third kappa shape index (κ3) is 7.99. The number of esters is 2. The summed E-state index contributed by atoms with van der Waals surface area (Å²) in [6.45, 7) is 4.29. The van der Waals surface area contributed by atoms with Gasteiger partial charge in [-0.3, -0.25) is 9.59 Å². The van der Waals surface area contributed by atoms with Crippen LogP contribution in [0, 0.1) is 0 Å². The molecule has 0 amide bonds. The standard InChI is InChI=1S/C42H42O4S4/c1-3-5-9-19-39(43)45-31(21-27-15-11-7-12-16-27)35-25-37-41(49-35)29-23-34-30(24-33(29)47-37)42-38(48-34)26-36(50-42)32(22-28-17-13-8-14-18-28)46-40(44)20-10-6-4-2/h7-8,11-18,23-26,31-32H,3-6,9-10,19-22H2,1-2H3. The van der Waals surface area contributed by atoms with Gasteiger partial charge in [0, 0.05) is 65.0 Å². The lowest BCUT2D eigenvalue weighted by Crippen LogP contribution is -2.12. The first-order valence-corrected chi connectivity index (χ1v) is 21.0. The Labute approximate surface area is 309 Å². The predicted molar refractivity (Wildman–Crippen MR) is 214 cm³/mol. The zero-order valence-electron chi connectivity index (χ0n) is 28.6. The van der Waals surface area contributed by atoms with E-state index in [9.17, 15) is 9.59 Å². The molecule has 3 aromatic carbocycles. The second kappa shape index (κ2) is 16.2. The normalized spacial score (nSPS) is 13.0. The highest BCUT2D eigenvalue weighted by Gasteiger charge is 2.24. The monoisotopic (exact) mass is 738 g/mol. The molecule has 0 saturated carbocycles. The molecule has 0 fully saturated rings. The third-order valence-corrected chi connectivity index (χ3v) is 14.1. The molecule has 2 atom stereocenters. The van der Waals surface area contributed by atoms with Crippen LogP contribution in [0.25, 0.3) is 39.0 Å². The lowest BCUT2D eigenvalue weighted by Gasteiger charge is -2.17. The van der Waals surface area contributed by atoms with Crippen LogP contribution in [0.5, 0.6) is 0 Å².